The van der Waals surface area contributed by atoms with Gasteiger partial charge in [0.25, 0.3) is 5.91 Å². The Hall–Kier alpha value is -2.25. The van der Waals surface area contributed by atoms with Gasteiger partial charge in [-0.25, -0.2) is 5.48 Å². The average molecular weight is 307 g/mol. The Morgan fingerprint density at radius 3 is 2.59 bits per heavy atom. The van der Waals surface area contributed by atoms with Crippen molar-refractivity contribution in [3.8, 4) is 0 Å². The first-order valence-electron chi connectivity index (χ1n) is 6.95. The molecule has 0 aliphatic heterocycles. The second kappa shape index (κ2) is 8.91. The normalized spacial score (nSPS) is 12.5. The summed E-state index contributed by atoms with van der Waals surface area (Å²) in [5.74, 6) is -1.21. The molecule has 0 fully saturated rings. The lowest BCUT2D eigenvalue weighted by Crippen LogP contribution is -2.37. The number of carboxylic acid groups (broad SMARTS) is 1. The molecule has 120 valence electrons. The number of nitrogens with zero attached hydrogens (tertiary/aromatic N) is 1. The van der Waals surface area contributed by atoms with Gasteiger partial charge in [0.15, 0.2) is 0 Å². The Kier molecular flexibility index (Phi) is 7.21. The van der Waals surface area contributed by atoms with Gasteiger partial charge < -0.3 is 10.4 Å². The fourth-order valence-electron chi connectivity index (χ4n) is 1.82. The standard InChI is InChI=1S/C15H21N3O4/c1-10(2)7-13(15(20)21)17-9-11-3-4-12(16-8-11)5-6-14(19)18-22/h3-6,8,10,13,17,22H,7,9H2,1-2H3,(H,18,19)(H,20,21)/t13-/m0/s1. The number of carbonyl (C=O) groups is 2. The fraction of sp³-hybridized carbons (Fsp3) is 0.400. The van der Waals surface area contributed by atoms with E-state index in [4.69, 9.17) is 10.3 Å². The van der Waals surface area contributed by atoms with Gasteiger partial charge in [-0.1, -0.05) is 19.9 Å². The lowest BCUT2D eigenvalue weighted by molar-refractivity contribution is -0.140. The number of aliphatic carboxylic acids is 1. The first kappa shape index (κ1) is 17.8. The maximum absolute atomic E-state index is 11.1. The fourth-order valence-corrected chi connectivity index (χ4v) is 1.82. The van der Waals surface area contributed by atoms with Crippen LogP contribution < -0.4 is 10.8 Å². The molecular weight excluding hydrogens is 286 g/mol. The number of carbonyl (C=O) groups excluding carboxylic acids is 1. The second-order valence-electron chi connectivity index (χ2n) is 5.30. The highest BCUT2D eigenvalue weighted by molar-refractivity contribution is 5.90. The number of aromatic nitrogens is 1. The van der Waals surface area contributed by atoms with E-state index in [1.54, 1.807) is 18.3 Å². The van der Waals surface area contributed by atoms with E-state index < -0.39 is 17.9 Å². The summed E-state index contributed by atoms with van der Waals surface area (Å²) in [6.45, 7) is 4.35. The summed E-state index contributed by atoms with van der Waals surface area (Å²) in [5.41, 5.74) is 2.89. The number of amides is 1. The molecule has 4 N–H and O–H groups in total. The Morgan fingerprint density at radius 1 is 1.36 bits per heavy atom. The lowest BCUT2D eigenvalue weighted by atomic mass is 10.0. The molecule has 1 amide bonds. The molecule has 0 saturated carbocycles. The minimum atomic E-state index is -0.865. The Bertz CT molecular complexity index is 526. The summed E-state index contributed by atoms with van der Waals surface area (Å²) in [4.78, 5) is 26.1. The van der Waals surface area contributed by atoms with Crippen molar-refractivity contribution in [1.82, 2.24) is 15.8 Å². The summed E-state index contributed by atoms with van der Waals surface area (Å²) in [7, 11) is 0. The predicted octanol–water partition coefficient (Wildman–Crippen LogP) is 1.19. The lowest BCUT2D eigenvalue weighted by Gasteiger charge is -2.16. The highest BCUT2D eigenvalue weighted by atomic mass is 16.5. The van der Waals surface area contributed by atoms with Crippen LogP contribution in [0.4, 0.5) is 0 Å². The summed E-state index contributed by atoms with van der Waals surface area (Å²) < 4.78 is 0. The highest BCUT2D eigenvalue weighted by Gasteiger charge is 2.17. The molecule has 0 radical (unpaired) electrons. The topological polar surface area (TPSA) is 112 Å². The molecule has 0 bridgehead atoms. The Morgan fingerprint density at radius 2 is 2.09 bits per heavy atom. The van der Waals surface area contributed by atoms with E-state index in [1.165, 1.54) is 11.6 Å². The molecule has 1 aromatic heterocycles. The molecule has 1 heterocycles. The number of hydrogen-bond acceptors (Lipinski definition) is 5. The number of rotatable bonds is 8. The van der Waals surface area contributed by atoms with Crippen LogP contribution in [0.1, 0.15) is 31.5 Å². The summed E-state index contributed by atoms with van der Waals surface area (Å²) in [6.07, 6.45) is 4.78. The Balaban J connectivity index is 2.58. The summed E-state index contributed by atoms with van der Waals surface area (Å²) in [6, 6.07) is 2.91. The third-order valence-electron chi connectivity index (χ3n) is 2.92. The molecule has 7 nitrogen and oxygen atoms in total. The zero-order chi connectivity index (χ0) is 16.5. The monoisotopic (exact) mass is 307 g/mol. The molecular formula is C15H21N3O4. The van der Waals surface area contributed by atoms with Gasteiger partial charge in [-0.15, -0.1) is 0 Å². The molecule has 0 saturated heterocycles. The number of hydroxylamine groups is 1. The van der Waals surface area contributed by atoms with Crippen molar-refractivity contribution < 1.29 is 19.9 Å². The first-order valence-corrected chi connectivity index (χ1v) is 6.95. The van der Waals surface area contributed by atoms with Crippen LogP contribution >= 0.6 is 0 Å². The molecule has 0 unspecified atom stereocenters. The van der Waals surface area contributed by atoms with Crippen molar-refractivity contribution >= 4 is 18.0 Å². The second-order valence-corrected chi connectivity index (χ2v) is 5.30. The minimum absolute atomic E-state index is 0.289. The number of nitrogens with one attached hydrogen (secondary N) is 2. The van der Waals surface area contributed by atoms with Crippen molar-refractivity contribution in [2.75, 3.05) is 0 Å². The van der Waals surface area contributed by atoms with Gasteiger partial charge >= 0.3 is 5.97 Å². The van der Waals surface area contributed by atoms with Crippen LogP contribution in [0.2, 0.25) is 0 Å². The average Bonchev–Trinajstić information content (AvgIpc) is 2.49. The van der Waals surface area contributed by atoms with Crippen LogP contribution in [0.15, 0.2) is 24.4 Å². The maximum Gasteiger partial charge on any atom is 0.320 e. The van der Waals surface area contributed by atoms with Gasteiger partial charge in [0.05, 0.1) is 5.69 Å². The van der Waals surface area contributed by atoms with Gasteiger partial charge in [0.2, 0.25) is 0 Å². The van der Waals surface area contributed by atoms with Crippen molar-refractivity contribution in [2.45, 2.75) is 32.9 Å². The van der Waals surface area contributed by atoms with Crippen LogP contribution in [0.25, 0.3) is 6.08 Å². The molecule has 1 atom stereocenters. The van der Waals surface area contributed by atoms with E-state index in [1.807, 2.05) is 13.8 Å². The van der Waals surface area contributed by atoms with Crippen LogP contribution in [0, 0.1) is 5.92 Å². The van der Waals surface area contributed by atoms with E-state index in [9.17, 15) is 9.59 Å². The summed E-state index contributed by atoms with van der Waals surface area (Å²) >= 11 is 0. The van der Waals surface area contributed by atoms with Crippen LogP contribution in [-0.4, -0.2) is 33.2 Å². The van der Waals surface area contributed by atoms with Gasteiger partial charge in [-0.3, -0.25) is 19.8 Å². The summed E-state index contributed by atoms with van der Waals surface area (Å²) in [5, 5.41) is 20.5. The molecule has 1 rings (SSSR count). The largest absolute Gasteiger partial charge is 0.480 e. The van der Waals surface area contributed by atoms with Gasteiger partial charge in [0.1, 0.15) is 6.04 Å². The van der Waals surface area contributed by atoms with Crippen LogP contribution in [0.3, 0.4) is 0 Å². The van der Waals surface area contributed by atoms with E-state index in [-0.39, 0.29) is 5.92 Å². The minimum Gasteiger partial charge on any atom is -0.480 e. The Labute approximate surface area is 129 Å². The zero-order valence-electron chi connectivity index (χ0n) is 12.6. The third kappa shape index (κ3) is 6.47. The molecule has 7 heteroatoms. The van der Waals surface area contributed by atoms with E-state index >= 15 is 0 Å². The highest BCUT2D eigenvalue weighted by Crippen LogP contribution is 2.07. The molecule has 1 aromatic rings. The van der Waals surface area contributed by atoms with E-state index in [0.717, 1.165) is 11.6 Å². The van der Waals surface area contributed by atoms with Crippen molar-refractivity contribution in [3.05, 3.63) is 35.7 Å². The zero-order valence-corrected chi connectivity index (χ0v) is 12.6. The molecule has 0 aliphatic carbocycles. The SMILES string of the molecule is CC(C)C[C@H](NCc1ccc(C=CC(=O)NO)nc1)C(=O)O. The van der Waals surface area contributed by atoms with Gasteiger partial charge in [-0.05, 0) is 30.0 Å². The van der Waals surface area contributed by atoms with Crippen molar-refractivity contribution in [1.29, 1.82) is 0 Å². The molecule has 0 spiro atoms. The number of hydrogen-bond donors (Lipinski definition) is 4. The van der Waals surface area contributed by atoms with Crippen molar-refractivity contribution in [3.63, 3.8) is 0 Å². The predicted molar refractivity (Wildman–Crippen MR) is 80.9 cm³/mol. The van der Waals surface area contributed by atoms with Gasteiger partial charge in [-0.2, -0.15) is 0 Å². The maximum atomic E-state index is 11.1. The van der Waals surface area contributed by atoms with Crippen LogP contribution in [0.5, 0.6) is 0 Å². The first-order chi connectivity index (χ1) is 10.4. The smallest absolute Gasteiger partial charge is 0.320 e. The molecule has 0 aromatic carbocycles. The third-order valence-corrected chi connectivity index (χ3v) is 2.92. The number of pyridine rings is 1. The van der Waals surface area contributed by atoms with Crippen LogP contribution in [-0.2, 0) is 16.1 Å². The number of carboxylic acids is 1. The molecule has 22 heavy (non-hydrogen) atoms. The van der Waals surface area contributed by atoms with E-state index in [2.05, 4.69) is 10.3 Å². The van der Waals surface area contributed by atoms with E-state index in [0.29, 0.717) is 18.7 Å². The molecule has 0 aliphatic rings. The van der Waals surface area contributed by atoms with Gasteiger partial charge in [0, 0.05) is 18.8 Å². The van der Waals surface area contributed by atoms with Crippen molar-refractivity contribution in [2.24, 2.45) is 5.92 Å². The quantitative estimate of drug-likeness (QED) is 0.326.